The molecule has 0 spiro atoms. The summed E-state index contributed by atoms with van der Waals surface area (Å²) in [6.07, 6.45) is 30.7. The zero-order valence-corrected chi connectivity index (χ0v) is 61.5. The Bertz CT molecular complexity index is 1470. The van der Waals surface area contributed by atoms with E-state index in [4.69, 9.17) is 99.8 Å². The molecule has 0 atom stereocenters. The van der Waals surface area contributed by atoms with Crippen LogP contribution in [0.25, 0.3) is 0 Å². The molecule has 0 amide bonds. The molecule has 0 aromatic heterocycles. The van der Waals surface area contributed by atoms with Gasteiger partial charge in [0.2, 0.25) is 0 Å². The van der Waals surface area contributed by atoms with Crippen LogP contribution in [0.3, 0.4) is 0 Å². The van der Waals surface area contributed by atoms with E-state index in [1.54, 1.807) is 0 Å². The summed E-state index contributed by atoms with van der Waals surface area (Å²) in [6.45, 7) is 29.7. The molecular weight excluding hydrogens is 1240 g/mol. The van der Waals surface area contributed by atoms with Gasteiger partial charge in [-0.3, -0.25) is 9.69 Å². The first-order valence-corrected chi connectivity index (χ1v) is 37.9. The minimum Gasteiger partial charge on any atom is -0.463 e. The van der Waals surface area contributed by atoms with E-state index in [9.17, 15) is 4.79 Å². The molecule has 1 fully saturated rings. The van der Waals surface area contributed by atoms with Crippen LogP contribution in [0.2, 0.25) is 0 Å². The van der Waals surface area contributed by atoms with Gasteiger partial charge in [0.1, 0.15) is 13.2 Å². The first-order chi connectivity index (χ1) is 47.6. The van der Waals surface area contributed by atoms with E-state index in [1.165, 1.54) is 129 Å². The van der Waals surface area contributed by atoms with Crippen molar-refractivity contribution in [1.82, 2.24) is 4.90 Å². The smallest absolute Gasteiger partial charge is 0.307 e. The van der Waals surface area contributed by atoms with Crippen LogP contribution in [-0.2, 0) is 105 Å². The fourth-order valence-electron chi connectivity index (χ4n) is 10.0. The van der Waals surface area contributed by atoms with Gasteiger partial charge in [0, 0.05) is 39.5 Å². The highest BCUT2D eigenvalue weighted by Crippen LogP contribution is 2.16. The van der Waals surface area contributed by atoms with Crippen LogP contribution in [0.5, 0.6) is 0 Å². The number of unbranched alkanes of at least 4 members (excludes halogenated alkanes) is 20. The van der Waals surface area contributed by atoms with Crippen molar-refractivity contribution in [1.29, 1.82) is 0 Å². The van der Waals surface area contributed by atoms with E-state index in [0.29, 0.717) is 224 Å². The van der Waals surface area contributed by atoms with E-state index >= 15 is 0 Å². The summed E-state index contributed by atoms with van der Waals surface area (Å²) in [6, 6.07) is 0. The monoisotopic (exact) mass is 1390 g/mol. The Morgan fingerprint density at radius 1 is 0.271 bits per heavy atom. The number of carbonyl (C=O) groups is 1. The lowest BCUT2D eigenvalue weighted by Crippen LogP contribution is -2.57. The maximum absolute atomic E-state index is 12.2. The number of likely N-dealkylation sites (N-methyl/N-ethyl adjacent to an activating group) is 1. The molecule has 0 radical (unpaired) electrons. The van der Waals surface area contributed by atoms with E-state index in [1.807, 2.05) is 0 Å². The van der Waals surface area contributed by atoms with Crippen LogP contribution >= 0.6 is 0 Å². The van der Waals surface area contributed by atoms with E-state index in [2.05, 4.69) is 25.8 Å². The second-order valence-corrected chi connectivity index (χ2v) is 24.4. The summed E-state index contributed by atoms with van der Waals surface area (Å²) < 4.78 is 107. The van der Waals surface area contributed by atoms with Crippen LogP contribution < -0.4 is 0 Å². The van der Waals surface area contributed by atoms with Crippen molar-refractivity contribution < 1.29 is 109 Å². The molecule has 24 heteroatoms. The molecule has 96 heavy (non-hydrogen) atoms. The number of quaternary nitrogens is 1. The molecule has 24 nitrogen and oxygen atoms in total. The van der Waals surface area contributed by atoms with Gasteiger partial charge in [0.25, 0.3) is 0 Å². The van der Waals surface area contributed by atoms with Gasteiger partial charge in [0.15, 0.2) is 6.79 Å². The summed E-state index contributed by atoms with van der Waals surface area (Å²) in [5.41, 5.74) is 0. The predicted octanol–water partition coefficient (Wildman–Crippen LogP) is 9.90. The summed E-state index contributed by atoms with van der Waals surface area (Å²) in [5, 5.41) is 0. The van der Waals surface area contributed by atoms with Crippen LogP contribution in [0, 0.1) is 0 Å². The third kappa shape index (κ3) is 75.3. The Morgan fingerprint density at radius 3 is 0.812 bits per heavy atom. The molecule has 1 heterocycles. The highest BCUT2D eigenvalue weighted by atomic mass is 17.2. The molecule has 0 bridgehead atoms. The molecule has 574 valence electrons. The number of rotatable bonds is 85. The standard InChI is InChI=1S/C72H145N2O22/c1-4-6-8-10-11-12-13-14-15-16-17-18-19-20-21-24-34-76-37-40-79-43-45-81-47-49-83-51-53-85-55-57-87-59-61-89-63-65-91-66-64-90-62-60-88-58-56-86-54-52-84-50-48-82-46-44-80-41-38-77-35-25-22-26-36-78-39-42-92-68-70-95-96-71-93-67-69-94-72(75)27-28-73-29-32-74(3,33-30-73)31-23-9-7-5-2/h4-71H2,1-3H3/q+1. The van der Waals surface area contributed by atoms with E-state index in [-0.39, 0.29) is 32.6 Å². The number of hydrogen-bond acceptors (Lipinski definition) is 23. The maximum atomic E-state index is 12.2. The third-order valence-corrected chi connectivity index (χ3v) is 15.9. The van der Waals surface area contributed by atoms with Gasteiger partial charge in [-0.15, -0.1) is 0 Å². The molecule has 0 aliphatic carbocycles. The quantitative estimate of drug-likeness (QED) is 0.0138. The average molecular weight is 1390 g/mol. The summed E-state index contributed by atoms with van der Waals surface area (Å²) in [4.78, 5) is 24.6. The highest BCUT2D eigenvalue weighted by Gasteiger charge is 2.28. The second-order valence-electron chi connectivity index (χ2n) is 24.4. The summed E-state index contributed by atoms with van der Waals surface area (Å²) in [7, 11) is 2.37. The SMILES string of the molecule is CCCCCCCCCCCCCCCCCCOCCOCCOCCOCCOCCOCCOCCOCCOCCOCCOCCOCCOCCOCCOCCCCCOCCOCCOOCOCCOC(=O)CCN1CC[N+](C)(CCCCCC)CC1. The van der Waals surface area contributed by atoms with Crippen LogP contribution in [0.1, 0.15) is 168 Å². The Kier molecular flexibility index (Phi) is 78.0. The van der Waals surface area contributed by atoms with Gasteiger partial charge in [-0.25, -0.2) is 9.78 Å². The molecule has 1 saturated heterocycles. The van der Waals surface area contributed by atoms with Crippen molar-refractivity contribution >= 4 is 5.97 Å². The first-order valence-electron chi connectivity index (χ1n) is 37.9. The fraction of sp³-hybridized carbons (Fsp3) is 0.986. The van der Waals surface area contributed by atoms with Gasteiger partial charge >= 0.3 is 5.97 Å². The molecule has 0 aromatic carbocycles. The Balaban J connectivity index is 1.61. The van der Waals surface area contributed by atoms with Crippen molar-refractivity contribution in [3.63, 3.8) is 0 Å². The van der Waals surface area contributed by atoms with Crippen LogP contribution in [0.4, 0.5) is 0 Å². The number of nitrogens with zero attached hydrogens (tertiary/aromatic N) is 2. The van der Waals surface area contributed by atoms with E-state index < -0.39 is 0 Å². The summed E-state index contributed by atoms with van der Waals surface area (Å²) in [5.74, 6) is -0.199. The van der Waals surface area contributed by atoms with Gasteiger partial charge in [-0.1, -0.05) is 123 Å². The number of hydrogen-bond donors (Lipinski definition) is 0. The maximum Gasteiger partial charge on any atom is 0.307 e. The van der Waals surface area contributed by atoms with Crippen molar-refractivity contribution in [2.75, 3.05) is 298 Å². The molecule has 1 aliphatic heterocycles. The zero-order valence-electron chi connectivity index (χ0n) is 61.5. The van der Waals surface area contributed by atoms with Gasteiger partial charge in [0.05, 0.1) is 245 Å². The number of ether oxygens (including phenoxy) is 19. The molecule has 0 unspecified atom stereocenters. The predicted molar refractivity (Wildman–Crippen MR) is 372 cm³/mol. The molecular formula is C72H145N2O22+. The van der Waals surface area contributed by atoms with Crippen molar-refractivity contribution in [2.45, 2.75) is 168 Å². The van der Waals surface area contributed by atoms with Gasteiger partial charge in [-0.2, -0.15) is 0 Å². The minimum atomic E-state index is -0.199. The molecule has 1 rings (SSSR count). The largest absolute Gasteiger partial charge is 0.463 e. The first kappa shape index (κ1) is 92.6. The average Bonchev–Trinajstić information content (AvgIpc) is 0.911. The fourth-order valence-corrected chi connectivity index (χ4v) is 10.0. The molecule has 1 aliphatic rings. The topological polar surface area (TPSA) is 214 Å². The number of carbonyl (C=O) groups excluding carboxylic acids is 1. The zero-order chi connectivity index (χ0) is 68.6. The third-order valence-electron chi connectivity index (χ3n) is 15.9. The normalized spacial score (nSPS) is 13.4. The molecule has 0 N–H and O–H groups in total. The summed E-state index contributed by atoms with van der Waals surface area (Å²) >= 11 is 0. The van der Waals surface area contributed by atoms with E-state index in [0.717, 1.165) is 69.5 Å². The highest BCUT2D eigenvalue weighted by molar-refractivity contribution is 5.69. The van der Waals surface area contributed by atoms with Gasteiger partial charge < -0.3 is 94.5 Å². The van der Waals surface area contributed by atoms with Gasteiger partial charge in [-0.05, 0) is 38.5 Å². The minimum absolute atomic E-state index is 0.0479. The lowest BCUT2D eigenvalue weighted by molar-refractivity contribution is -0.913. The Labute approximate surface area is 583 Å². The van der Waals surface area contributed by atoms with Crippen LogP contribution in [0.15, 0.2) is 0 Å². The Morgan fingerprint density at radius 2 is 0.510 bits per heavy atom. The number of esters is 1. The van der Waals surface area contributed by atoms with Crippen molar-refractivity contribution in [2.24, 2.45) is 0 Å². The van der Waals surface area contributed by atoms with Crippen LogP contribution in [-0.4, -0.2) is 313 Å². The molecule has 0 saturated carbocycles. The molecule has 0 aromatic rings. The second kappa shape index (κ2) is 80.9. The Hall–Kier alpha value is -1.41. The van der Waals surface area contributed by atoms with Crippen molar-refractivity contribution in [3.8, 4) is 0 Å². The van der Waals surface area contributed by atoms with Crippen molar-refractivity contribution in [3.05, 3.63) is 0 Å². The lowest BCUT2D eigenvalue weighted by atomic mass is 10.0. The lowest BCUT2D eigenvalue weighted by Gasteiger charge is -2.42. The number of piperazine rings is 1.